The van der Waals surface area contributed by atoms with Crippen LogP contribution >= 0.6 is 0 Å². The number of carbonyl (C=O) groups is 2. The highest BCUT2D eigenvalue weighted by Crippen LogP contribution is 2.28. The molecular weight excluding hydrogens is 478 g/mol. The van der Waals surface area contributed by atoms with Crippen LogP contribution in [0.3, 0.4) is 0 Å². The third-order valence-corrected chi connectivity index (χ3v) is 7.56. The maximum atomic E-state index is 13.9. The predicted molar refractivity (Wildman–Crippen MR) is 147 cm³/mol. The Labute approximate surface area is 224 Å². The van der Waals surface area contributed by atoms with E-state index in [1.54, 1.807) is 17.0 Å². The molecule has 1 aromatic heterocycles. The molecule has 1 atom stereocenters. The number of hydrogen-bond acceptors (Lipinski definition) is 5. The molecule has 2 heterocycles. The molecule has 2 amide bonds. The Morgan fingerprint density at radius 2 is 1.79 bits per heavy atom. The second-order valence-corrected chi connectivity index (χ2v) is 10.3. The fourth-order valence-corrected chi connectivity index (χ4v) is 5.52. The fraction of sp³-hybridized carbons (Fsp3) is 0.419. The zero-order chi connectivity index (χ0) is 26.3. The summed E-state index contributed by atoms with van der Waals surface area (Å²) in [4.78, 5) is 31.7. The molecule has 2 aliphatic rings. The van der Waals surface area contributed by atoms with Crippen molar-refractivity contribution < 1.29 is 18.7 Å². The Morgan fingerprint density at radius 1 is 1.03 bits per heavy atom. The van der Waals surface area contributed by atoms with Gasteiger partial charge in [0.15, 0.2) is 5.76 Å². The molecule has 200 valence electrons. The summed E-state index contributed by atoms with van der Waals surface area (Å²) in [5, 5.41) is 3.25. The molecule has 1 saturated heterocycles. The molecule has 2 fully saturated rings. The third kappa shape index (κ3) is 6.27. The number of furan rings is 1. The van der Waals surface area contributed by atoms with E-state index in [1.165, 1.54) is 11.8 Å². The van der Waals surface area contributed by atoms with Crippen molar-refractivity contribution in [2.45, 2.75) is 51.1 Å². The lowest BCUT2D eigenvalue weighted by Crippen LogP contribution is -2.46. The van der Waals surface area contributed by atoms with Crippen LogP contribution in [0.5, 0.6) is 0 Å². The highest BCUT2D eigenvalue weighted by Gasteiger charge is 2.34. The summed E-state index contributed by atoms with van der Waals surface area (Å²) in [5.74, 6) is -0.190. The average molecular weight is 516 g/mol. The van der Waals surface area contributed by atoms with Gasteiger partial charge in [-0.25, -0.2) is 0 Å². The lowest BCUT2D eigenvalue weighted by atomic mass is 10.0. The summed E-state index contributed by atoms with van der Waals surface area (Å²) >= 11 is 0. The molecular formula is C31H37N3O4. The molecule has 7 heteroatoms. The standard InChI is InChI=1S/C31H37N3O4/c1-23-6-4-7-24(22-23)15-16-34(31(36)28-10-5-19-38-28)29(30(35)32-26-8-2-3-9-26)25-11-13-27(14-12-25)33-17-20-37-21-18-33/h4-7,10-14,19,22,26,29H,2-3,8-9,15-18,20-21H2,1H3,(H,32,35)/t29-/m0/s1. The molecule has 1 saturated carbocycles. The van der Waals surface area contributed by atoms with Crippen LogP contribution in [0.15, 0.2) is 71.3 Å². The maximum absolute atomic E-state index is 13.9. The van der Waals surface area contributed by atoms with Crippen molar-refractivity contribution in [2.75, 3.05) is 37.7 Å². The first-order valence-corrected chi connectivity index (χ1v) is 13.7. The minimum Gasteiger partial charge on any atom is -0.459 e. The number of morpholine rings is 1. The summed E-state index contributed by atoms with van der Waals surface area (Å²) in [6.45, 7) is 5.53. The molecule has 2 aromatic carbocycles. The molecule has 1 N–H and O–H groups in total. The van der Waals surface area contributed by atoms with Crippen LogP contribution < -0.4 is 10.2 Å². The summed E-state index contributed by atoms with van der Waals surface area (Å²) in [6, 6.07) is 19.1. The Balaban J connectivity index is 1.46. The van der Waals surface area contributed by atoms with E-state index in [2.05, 4.69) is 35.3 Å². The van der Waals surface area contributed by atoms with Gasteiger partial charge >= 0.3 is 0 Å². The van der Waals surface area contributed by atoms with Gasteiger partial charge in [-0.3, -0.25) is 9.59 Å². The first kappa shape index (κ1) is 26.0. The molecule has 38 heavy (non-hydrogen) atoms. The van der Waals surface area contributed by atoms with Crippen LogP contribution in [0.4, 0.5) is 5.69 Å². The van der Waals surface area contributed by atoms with Crippen molar-refractivity contribution in [2.24, 2.45) is 0 Å². The Hall–Kier alpha value is -3.58. The largest absolute Gasteiger partial charge is 0.459 e. The van der Waals surface area contributed by atoms with E-state index in [9.17, 15) is 9.59 Å². The number of amides is 2. The second-order valence-electron chi connectivity index (χ2n) is 10.3. The Kier molecular flexibility index (Phi) is 8.44. The molecule has 7 nitrogen and oxygen atoms in total. The molecule has 0 spiro atoms. The van der Waals surface area contributed by atoms with E-state index in [0.29, 0.717) is 26.2 Å². The lowest BCUT2D eigenvalue weighted by molar-refractivity contribution is -0.126. The smallest absolute Gasteiger partial charge is 0.290 e. The van der Waals surface area contributed by atoms with Crippen molar-refractivity contribution in [1.82, 2.24) is 10.2 Å². The van der Waals surface area contributed by atoms with E-state index in [0.717, 1.165) is 55.6 Å². The molecule has 1 aliphatic carbocycles. The van der Waals surface area contributed by atoms with Crippen LogP contribution in [0, 0.1) is 6.92 Å². The van der Waals surface area contributed by atoms with Crippen LogP contribution in [-0.2, 0) is 16.0 Å². The first-order chi connectivity index (χ1) is 18.6. The summed E-state index contributed by atoms with van der Waals surface area (Å²) in [5.41, 5.74) is 4.18. The number of rotatable bonds is 9. The zero-order valence-electron chi connectivity index (χ0n) is 22.1. The normalized spacial score (nSPS) is 16.8. The maximum Gasteiger partial charge on any atom is 0.290 e. The highest BCUT2D eigenvalue weighted by atomic mass is 16.5. The van der Waals surface area contributed by atoms with Gasteiger partial charge in [0.1, 0.15) is 6.04 Å². The van der Waals surface area contributed by atoms with Crippen LogP contribution in [0.25, 0.3) is 0 Å². The highest BCUT2D eigenvalue weighted by molar-refractivity contribution is 5.96. The monoisotopic (exact) mass is 515 g/mol. The minimum absolute atomic E-state index is 0.139. The minimum atomic E-state index is -0.767. The topological polar surface area (TPSA) is 75.0 Å². The number of hydrogen-bond donors (Lipinski definition) is 1. The number of benzene rings is 2. The Morgan fingerprint density at radius 3 is 2.47 bits per heavy atom. The van der Waals surface area contributed by atoms with E-state index in [1.807, 2.05) is 30.3 Å². The zero-order valence-corrected chi connectivity index (χ0v) is 22.1. The molecule has 0 bridgehead atoms. The van der Waals surface area contributed by atoms with Gasteiger partial charge in [0.05, 0.1) is 19.5 Å². The molecule has 3 aromatic rings. The number of nitrogens with one attached hydrogen (secondary N) is 1. The van der Waals surface area contributed by atoms with Gasteiger partial charge in [-0.05, 0) is 61.6 Å². The number of carbonyl (C=O) groups excluding carboxylic acids is 2. The third-order valence-electron chi connectivity index (χ3n) is 7.56. The van der Waals surface area contributed by atoms with E-state index >= 15 is 0 Å². The SMILES string of the molecule is Cc1cccc(CCN(C(=O)c2ccco2)[C@H](C(=O)NC2CCCC2)c2ccc(N3CCOCC3)cc2)c1. The van der Waals surface area contributed by atoms with Crippen molar-refractivity contribution >= 4 is 17.5 Å². The van der Waals surface area contributed by atoms with Crippen molar-refractivity contribution in [3.8, 4) is 0 Å². The van der Waals surface area contributed by atoms with Crippen LogP contribution in [-0.4, -0.2) is 55.6 Å². The fourth-order valence-electron chi connectivity index (χ4n) is 5.52. The molecule has 1 aliphatic heterocycles. The molecule has 5 rings (SSSR count). The average Bonchev–Trinajstić information content (AvgIpc) is 3.66. The van der Waals surface area contributed by atoms with Gasteiger partial charge in [0.2, 0.25) is 5.91 Å². The lowest BCUT2D eigenvalue weighted by Gasteiger charge is -2.33. The number of aryl methyl sites for hydroxylation is 1. The number of ether oxygens (including phenoxy) is 1. The van der Waals surface area contributed by atoms with E-state index < -0.39 is 6.04 Å². The number of nitrogens with zero attached hydrogens (tertiary/aromatic N) is 2. The van der Waals surface area contributed by atoms with Gasteiger partial charge in [-0.1, -0.05) is 54.8 Å². The molecule has 0 radical (unpaired) electrons. The number of anilines is 1. The molecule has 0 unspecified atom stereocenters. The quantitative estimate of drug-likeness (QED) is 0.438. The van der Waals surface area contributed by atoms with Gasteiger partial charge in [0.25, 0.3) is 5.91 Å². The van der Waals surface area contributed by atoms with Crippen molar-refractivity contribution in [1.29, 1.82) is 0 Å². The van der Waals surface area contributed by atoms with Crippen molar-refractivity contribution in [3.63, 3.8) is 0 Å². The summed E-state index contributed by atoms with van der Waals surface area (Å²) in [7, 11) is 0. The second kappa shape index (κ2) is 12.3. The summed E-state index contributed by atoms with van der Waals surface area (Å²) < 4.78 is 11.0. The van der Waals surface area contributed by atoms with E-state index in [-0.39, 0.29) is 23.6 Å². The van der Waals surface area contributed by atoms with Crippen LogP contribution in [0.2, 0.25) is 0 Å². The Bertz CT molecular complexity index is 1200. The van der Waals surface area contributed by atoms with E-state index in [4.69, 9.17) is 9.15 Å². The van der Waals surface area contributed by atoms with Crippen LogP contribution in [0.1, 0.15) is 59.0 Å². The van der Waals surface area contributed by atoms with Crippen molar-refractivity contribution in [3.05, 3.63) is 89.4 Å². The summed E-state index contributed by atoms with van der Waals surface area (Å²) in [6.07, 6.45) is 6.32. The van der Waals surface area contributed by atoms with Gasteiger partial charge < -0.3 is 24.3 Å². The first-order valence-electron chi connectivity index (χ1n) is 13.7. The predicted octanol–water partition coefficient (Wildman–Crippen LogP) is 4.91. The van der Waals surface area contributed by atoms with Gasteiger partial charge in [0, 0.05) is 31.4 Å². The van der Waals surface area contributed by atoms with Gasteiger partial charge in [-0.2, -0.15) is 0 Å². The van der Waals surface area contributed by atoms with Gasteiger partial charge in [-0.15, -0.1) is 0 Å².